The summed E-state index contributed by atoms with van der Waals surface area (Å²) in [7, 11) is -1.91. The third-order valence-corrected chi connectivity index (χ3v) is 7.56. The number of hydrogen-bond acceptors (Lipinski definition) is 4. The quantitative estimate of drug-likeness (QED) is 0.579. The van der Waals surface area contributed by atoms with Crippen LogP contribution in [0.25, 0.3) is 0 Å². The number of nitrogens with zero attached hydrogens (tertiary/aromatic N) is 2. The predicted molar refractivity (Wildman–Crippen MR) is 120 cm³/mol. The molecule has 2 aromatic carbocycles. The van der Waals surface area contributed by atoms with Crippen LogP contribution in [-0.4, -0.2) is 56.8 Å². The van der Waals surface area contributed by atoms with E-state index in [1.54, 1.807) is 29.6 Å². The van der Waals surface area contributed by atoms with Gasteiger partial charge in [-0.25, -0.2) is 8.42 Å². The second-order valence-corrected chi connectivity index (χ2v) is 10.2. The fourth-order valence-electron chi connectivity index (χ4n) is 3.37. The highest BCUT2D eigenvalue weighted by Gasteiger charge is 2.26. The number of benzene rings is 2. The Labute approximate surface area is 187 Å². The molecule has 2 aromatic rings. The van der Waals surface area contributed by atoms with Crippen molar-refractivity contribution >= 4 is 31.9 Å². The summed E-state index contributed by atoms with van der Waals surface area (Å²) >= 11 is 3.38. The van der Waals surface area contributed by atoms with Gasteiger partial charge in [0.2, 0.25) is 10.0 Å². The lowest BCUT2D eigenvalue weighted by molar-refractivity contribution is 0.0773. The van der Waals surface area contributed by atoms with E-state index in [0.717, 1.165) is 35.9 Å². The fourth-order valence-corrected chi connectivity index (χ4v) is 5.20. The van der Waals surface area contributed by atoms with Crippen molar-refractivity contribution < 1.29 is 17.9 Å². The molecule has 0 N–H and O–H groups in total. The van der Waals surface area contributed by atoms with Crippen molar-refractivity contribution in [3.05, 3.63) is 58.6 Å². The van der Waals surface area contributed by atoms with Crippen molar-refractivity contribution in [1.29, 1.82) is 0 Å². The molecular weight excluding hydrogens is 468 g/mol. The molecule has 30 heavy (non-hydrogen) atoms. The van der Waals surface area contributed by atoms with Gasteiger partial charge in [-0.05, 0) is 55.3 Å². The van der Waals surface area contributed by atoms with E-state index in [0.29, 0.717) is 31.8 Å². The SMILES string of the molecule is CN(CCOc1ccc(Br)cc1)C(=O)c1cccc(S(=O)(=O)N2CCCCCC2)c1. The molecule has 0 atom stereocenters. The molecule has 0 spiro atoms. The minimum Gasteiger partial charge on any atom is -0.492 e. The molecular formula is C22H27BrN2O4S. The molecule has 1 heterocycles. The number of amides is 1. The minimum absolute atomic E-state index is 0.176. The maximum Gasteiger partial charge on any atom is 0.253 e. The van der Waals surface area contributed by atoms with E-state index in [1.807, 2.05) is 24.3 Å². The van der Waals surface area contributed by atoms with Gasteiger partial charge in [-0.2, -0.15) is 4.31 Å². The molecule has 162 valence electrons. The number of rotatable bonds is 7. The topological polar surface area (TPSA) is 66.9 Å². The molecule has 3 rings (SSSR count). The summed E-state index contributed by atoms with van der Waals surface area (Å²) in [5.41, 5.74) is 0.358. The van der Waals surface area contributed by atoms with Crippen LogP contribution in [0, 0.1) is 0 Å². The number of carbonyl (C=O) groups is 1. The molecule has 6 nitrogen and oxygen atoms in total. The van der Waals surface area contributed by atoms with Gasteiger partial charge in [0.1, 0.15) is 12.4 Å². The molecule has 0 aliphatic carbocycles. The van der Waals surface area contributed by atoms with E-state index in [1.165, 1.54) is 11.0 Å². The Bertz CT molecular complexity index is 955. The second kappa shape index (κ2) is 10.4. The monoisotopic (exact) mass is 494 g/mol. The van der Waals surface area contributed by atoms with Gasteiger partial charge in [0.25, 0.3) is 5.91 Å². The van der Waals surface area contributed by atoms with Crippen LogP contribution in [0.15, 0.2) is 57.9 Å². The maximum atomic E-state index is 13.0. The third kappa shape index (κ3) is 5.83. The smallest absolute Gasteiger partial charge is 0.253 e. The van der Waals surface area contributed by atoms with Crippen LogP contribution < -0.4 is 4.74 Å². The highest BCUT2D eigenvalue weighted by molar-refractivity contribution is 9.10. The largest absolute Gasteiger partial charge is 0.492 e. The number of carbonyl (C=O) groups excluding carboxylic acids is 1. The summed E-state index contributed by atoms with van der Waals surface area (Å²) in [6, 6.07) is 13.8. The Balaban J connectivity index is 1.63. The summed E-state index contributed by atoms with van der Waals surface area (Å²) in [4.78, 5) is 14.5. The van der Waals surface area contributed by atoms with Gasteiger partial charge >= 0.3 is 0 Å². The van der Waals surface area contributed by atoms with Gasteiger partial charge in [0, 0.05) is 30.2 Å². The van der Waals surface area contributed by atoms with Crippen molar-refractivity contribution in [3.63, 3.8) is 0 Å². The minimum atomic E-state index is -3.59. The number of ether oxygens (including phenoxy) is 1. The van der Waals surface area contributed by atoms with E-state index in [2.05, 4.69) is 15.9 Å². The Kier molecular flexibility index (Phi) is 7.91. The lowest BCUT2D eigenvalue weighted by Gasteiger charge is -2.21. The van der Waals surface area contributed by atoms with E-state index >= 15 is 0 Å². The summed E-state index contributed by atoms with van der Waals surface area (Å²) in [5, 5.41) is 0. The van der Waals surface area contributed by atoms with Crippen LogP contribution in [0.5, 0.6) is 5.75 Å². The normalized spacial score (nSPS) is 15.4. The van der Waals surface area contributed by atoms with Crippen LogP contribution in [0.1, 0.15) is 36.0 Å². The Morgan fingerprint density at radius 1 is 1.07 bits per heavy atom. The molecule has 1 amide bonds. The van der Waals surface area contributed by atoms with Crippen LogP contribution in [0.3, 0.4) is 0 Å². The van der Waals surface area contributed by atoms with Crippen molar-refractivity contribution in [2.45, 2.75) is 30.6 Å². The maximum absolute atomic E-state index is 13.0. The van der Waals surface area contributed by atoms with Crippen LogP contribution in [0.4, 0.5) is 0 Å². The van der Waals surface area contributed by atoms with E-state index in [4.69, 9.17) is 4.74 Å². The van der Waals surface area contributed by atoms with Gasteiger partial charge < -0.3 is 9.64 Å². The summed E-state index contributed by atoms with van der Waals surface area (Å²) in [6.07, 6.45) is 3.85. The summed E-state index contributed by atoms with van der Waals surface area (Å²) in [6.45, 7) is 1.80. The van der Waals surface area contributed by atoms with E-state index < -0.39 is 10.0 Å². The zero-order valence-corrected chi connectivity index (χ0v) is 19.5. The molecule has 8 heteroatoms. The van der Waals surface area contributed by atoms with E-state index in [-0.39, 0.29) is 10.8 Å². The number of sulfonamides is 1. The standard InChI is InChI=1S/C22H27BrN2O4S/c1-24(15-16-29-20-11-9-19(23)10-12-20)22(26)18-7-6-8-21(17-18)30(27,28)25-13-4-2-3-5-14-25/h6-12,17H,2-5,13-16H2,1H3. The Morgan fingerprint density at radius 2 is 1.73 bits per heavy atom. The number of halogens is 1. The van der Waals surface area contributed by atoms with Crippen molar-refractivity contribution in [1.82, 2.24) is 9.21 Å². The lowest BCUT2D eigenvalue weighted by atomic mass is 10.2. The average Bonchev–Trinajstić information content (AvgIpc) is 3.05. The van der Waals surface area contributed by atoms with Gasteiger partial charge in [-0.15, -0.1) is 0 Å². The molecule has 1 saturated heterocycles. The highest BCUT2D eigenvalue weighted by atomic mass is 79.9. The molecule has 1 aliphatic heterocycles. The summed E-state index contributed by atoms with van der Waals surface area (Å²) in [5.74, 6) is 0.493. The van der Waals surface area contributed by atoms with Gasteiger partial charge in [0.05, 0.1) is 11.4 Å². The molecule has 1 fully saturated rings. The first-order chi connectivity index (χ1) is 14.4. The first kappa shape index (κ1) is 22.8. The number of hydrogen-bond donors (Lipinski definition) is 0. The zero-order chi connectivity index (χ0) is 21.6. The first-order valence-electron chi connectivity index (χ1n) is 10.1. The summed E-state index contributed by atoms with van der Waals surface area (Å²) < 4.78 is 34.2. The van der Waals surface area contributed by atoms with Gasteiger partial charge in [0.15, 0.2) is 0 Å². The lowest BCUT2D eigenvalue weighted by Crippen LogP contribution is -2.33. The Hall–Kier alpha value is -1.90. The fraction of sp³-hybridized carbons (Fsp3) is 0.409. The first-order valence-corrected chi connectivity index (χ1v) is 12.4. The van der Waals surface area contributed by atoms with Crippen molar-refractivity contribution in [2.24, 2.45) is 0 Å². The zero-order valence-electron chi connectivity index (χ0n) is 17.1. The van der Waals surface area contributed by atoms with Gasteiger partial charge in [-0.1, -0.05) is 34.8 Å². The van der Waals surface area contributed by atoms with E-state index in [9.17, 15) is 13.2 Å². The average molecular weight is 495 g/mol. The molecule has 0 radical (unpaired) electrons. The van der Waals surface area contributed by atoms with Gasteiger partial charge in [-0.3, -0.25) is 4.79 Å². The van der Waals surface area contributed by atoms with Crippen LogP contribution in [-0.2, 0) is 10.0 Å². The Morgan fingerprint density at radius 3 is 2.40 bits per heavy atom. The molecule has 0 bridgehead atoms. The highest BCUT2D eigenvalue weighted by Crippen LogP contribution is 2.22. The number of likely N-dealkylation sites (N-methyl/N-ethyl adjacent to an activating group) is 1. The molecule has 0 aromatic heterocycles. The second-order valence-electron chi connectivity index (χ2n) is 7.38. The van der Waals surface area contributed by atoms with Crippen molar-refractivity contribution in [3.8, 4) is 5.75 Å². The molecule has 1 aliphatic rings. The third-order valence-electron chi connectivity index (χ3n) is 5.14. The van der Waals surface area contributed by atoms with Crippen LogP contribution >= 0.6 is 15.9 Å². The molecule has 0 unspecified atom stereocenters. The predicted octanol–water partition coefficient (Wildman–Crippen LogP) is 4.16. The van der Waals surface area contributed by atoms with Crippen molar-refractivity contribution in [2.75, 3.05) is 33.3 Å². The van der Waals surface area contributed by atoms with Crippen LogP contribution in [0.2, 0.25) is 0 Å². The molecule has 0 saturated carbocycles.